The van der Waals surface area contributed by atoms with Crippen LogP contribution in [0, 0.1) is 0 Å². The molecule has 2 rings (SSSR count). The highest BCUT2D eigenvalue weighted by Crippen LogP contribution is 2.20. The third kappa shape index (κ3) is 6.36. The quantitative estimate of drug-likeness (QED) is 0.674. The average Bonchev–Trinajstić information content (AvgIpc) is 2.59. The maximum absolute atomic E-state index is 12.1. The molecule has 0 heterocycles. The molecule has 6 heteroatoms. The van der Waals surface area contributed by atoms with Gasteiger partial charge in [0.1, 0.15) is 0 Å². The average molecular weight is 364 g/mol. The van der Waals surface area contributed by atoms with Crippen LogP contribution in [0.25, 0.3) is 10.8 Å². The Balaban J connectivity index is 0.00000312. The lowest BCUT2D eigenvalue weighted by atomic mass is 10.0. The normalized spacial score (nSPS) is 11.4. The van der Waals surface area contributed by atoms with Crippen molar-refractivity contribution >= 4 is 35.0 Å². The van der Waals surface area contributed by atoms with Crippen LogP contribution in [0.3, 0.4) is 0 Å². The number of amides is 2. The molecular formula is C19H26ClN3O2. The van der Waals surface area contributed by atoms with Gasteiger partial charge in [0.15, 0.2) is 0 Å². The SMILES string of the molecule is CCNC(=O)CCCC(=O)NC(CN)c1ccc2ccccc2c1.Cl. The number of hydrogen-bond acceptors (Lipinski definition) is 3. The summed E-state index contributed by atoms with van der Waals surface area (Å²) in [5.74, 6) is -0.0990. The van der Waals surface area contributed by atoms with Crippen LogP contribution in [0.15, 0.2) is 42.5 Å². The van der Waals surface area contributed by atoms with Crippen molar-refractivity contribution in [3.63, 3.8) is 0 Å². The number of carbonyl (C=O) groups excluding carboxylic acids is 2. The summed E-state index contributed by atoms with van der Waals surface area (Å²) >= 11 is 0. The van der Waals surface area contributed by atoms with Crippen molar-refractivity contribution in [2.24, 2.45) is 5.73 Å². The van der Waals surface area contributed by atoms with E-state index in [1.54, 1.807) is 0 Å². The van der Waals surface area contributed by atoms with Gasteiger partial charge < -0.3 is 16.4 Å². The molecule has 5 nitrogen and oxygen atoms in total. The molecule has 0 radical (unpaired) electrons. The van der Waals surface area contributed by atoms with Gasteiger partial charge in [-0.05, 0) is 35.7 Å². The summed E-state index contributed by atoms with van der Waals surface area (Å²) in [6.07, 6.45) is 1.22. The topological polar surface area (TPSA) is 84.2 Å². The van der Waals surface area contributed by atoms with Gasteiger partial charge in [-0.25, -0.2) is 0 Å². The smallest absolute Gasteiger partial charge is 0.220 e. The van der Waals surface area contributed by atoms with Crippen molar-refractivity contribution in [1.29, 1.82) is 0 Å². The van der Waals surface area contributed by atoms with Gasteiger partial charge in [0.05, 0.1) is 6.04 Å². The minimum absolute atomic E-state index is 0. The first kappa shape index (κ1) is 20.9. The lowest BCUT2D eigenvalue weighted by molar-refractivity contribution is -0.122. The molecule has 1 atom stereocenters. The molecule has 25 heavy (non-hydrogen) atoms. The number of fused-ring (bicyclic) bond motifs is 1. The highest BCUT2D eigenvalue weighted by atomic mass is 35.5. The van der Waals surface area contributed by atoms with Crippen molar-refractivity contribution < 1.29 is 9.59 Å². The van der Waals surface area contributed by atoms with E-state index in [0.29, 0.717) is 32.4 Å². The molecule has 1 unspecified atom stereocenters. The number of rotatable bonds is 8. The summed E-state index contributed by atoms with van der Waals surface area (Å²) in [5, 5.41) is 7.96. The van der Waals surface area contributed by atoms with Crippen molar-refractivity contribution in [3.8, 4) is 0 Å². The number of nitrogens with one attached hydrogen (secondary N) is 2. The number of nitrogens with two attached hydrogens (primary N) is 1. The Hall–Kier alpha value is -2.11. The van der Waals surface area contributed by atoms with Crippen LogP contribution in [0.5, 0.6) is 0 Å². The second kappa shape index (κ2) is 10.7. The minimum Gasteiger partial charge on any atom is -0.356 e. The van der Waals surface area contributed by atoms with Gasteiger partial charge in [-0.3, -0.25) is 9.59 Å². The molecule has 0 bridgehead atoms. The van der Waals surface area contributed by atoms with E-state index in [9.17, 15) is 9.59 Å². The van der Waals surface area contributed by atoms with Crippen LogP contribution in [-0.4, -0.2) is 24.9 Å². The van der Waals surface area contributed by atoms with E-state index in [1.807, 2.05) is 37.3 Å². The summed E-state index contributed by atoms with van der Waals surface area (Å²) in [4.78, 5) is 23.5. The maximum atomic E-state index is 12.1. The molecule has 0 aromatic heterocycles. The van der Waals surface area contributed by atoms with Crippen LogP contribution in [0.1, 0.15) is 37.8 Å². The van der Waals surface area contributed by atoms with Gasteiger partial charge in [0.2, 0.25) is 11.8 Å². The molecule has 2 amide bonds. The Morgan fingerprint density at radius 2 is 1.72 bits per heavy atom. The van der Waals surface area contributed by atoms with E-state index in [-0.39, 0.29) is 30.3 Å². The first-order valence-corrected chi connectivity index (χ1v) is 8.39. The zero-order chi connectivity index (χ0) is 17.4. The van der Waals surface area contributed by atoms with Crippen LogP contribution >= 0.6 is 12.4 Å². The van der Waals surface area contributed by atoms with Crippen LogP contribution in [0.4, 0.5) is 0 Å². The zero-order valence-corrected chi connectivity index (χ0v) is 15.3. The molecule has 0 fully saturated rings. The van der Waals surface area contributed by atoms with E-state index >= 15 is 0 Å². The van der Waals surface area contributed by atoms with Gasteiger partial charge in [-0.15, -0.1) is 12.4 Å². The molecule has 136 valence electrons. The van der Waals surface area contributed by atoms with Crippen molar-refractivity contribution in [2.45, 2.75) is 32.2 Å². The fourth-order valence-corrected chi connectivity index (χ4v) is 2.66. The van der Waals surface area contributed by atoms with Crippen LogP contribution in [0.2, 0.25) is 0 Å². The summed E-state index contributed by atoms with van der Waals surface area (Å²) < 4.78 is 0. The van der Waals surface area contributed by atoms with Gasteiger partial charge in [0.25, 0.3) is 0 Å². The molecule has 0 spiro atoms. The largest absolute Gasteiger partial charge is 0.356 e. The number of benzene rings is 2. The molecule has 2 aromatic rings. The molecule has 0 saturated carbocycles. The second-order valence-corrected chi connectivity index (χ2v) is 5.77. The molecular weight excluding hydrogens is 338 g/mol. The first-order chi connectivity index (χ1) is 11.6. The second-order valence-electron chi connectivity index (χ2n) is 5.77. The zero-order valence-electron chi connectivity index (χ0n) is 14.5. The predicted molar refractivity (Wildman–Crippen MR) is 104 cm³/mol. The highest BCUT2D eigenvalue weighted by molar-refractivity contribution is 5.85. The standard InChI is InChI=1S/C19H25N3O2.ClH/c1-2-21-18(23)8-5-9-19(24)22-17(13-20)16-11-10-14-6-3-4-7-15(14)12-16;/h3-4,6-7,10-12,17H,2,5,8-9,13,20H2,1H3,(H,21,23)(H,22,24);1H. The van der Waals surface area contributed by atoms with Crippen LogP contribution in [-0.2, 0) is 9.59 Å². The third-order valence-corrected chi connectivity index (χ3v) is 3.93. The van der Waals surface area contributed by atoms with Gasteiger partial charge in [-0.2, -0.15) is 0 Å². The Kier molecular flexibility index (Phi) is 8.95. The highest BCUT2D eigenvalue weighted by Gasteiger charge is 2.13. The van der Waals surface area contributed by atoms with Gasteiger partial charge in [-0.1, -0.05) is 36.4 Å². The van der Waals surface area contributed by atoms with E-state index in [2.05, 4.69) is 22.8 Å². The van der Waals surface area contributed by atoms with E-state index < -0.39 is 0 Å². The molecule has 0 aliphatic heterocycles. The fraction of sp³-hybridized carbons (Fsp3) is 0.368. The minimum atomic E-state index is -0.216. The third-order valence-electron chi connectivity index (χ3n) is 3.93. The van der Waals surface area contributed by atoms with Crippen molar-refractivity contribution in [2.75, 3.05) is 13.1 Å². The Labute approximate surface area is 154 Å². The molecule has 0 aliphatic carbocycles. The first-order valence-electron chi connectivity index (χ1n) is 8.39. The molecule has 4 N–H and O–H groups in total. The number of halogens is 1. The lowest BCUT2D eigenvalue weighted by Crippen LogP contribution is -2.33. The Morgan fingerprint density at radius 3 is 2.40 bits per heavy atom. The van der Waals surface area contributed by atoms with E-state index in [4.69, 9.17) is 5.73 Å². The Bertz CT molecular complexity index is 706. The summed E-state index contributed by atoms with van der Waals surface area (Å²) in [6, 6.07) is 14.0. The lowest BCUT2D eigenvalue weighted by Gasteiger charge is -2.18. The van der Waals surface area contributed by atoms with E-state index in [0.717, 1.165) is 16.3 Å². The summed E-state index contributed by atoms with van der Waals surface area (Å²) in [5.41, 5.74) is 6.83. The summed E-state index contributed by atoms with van der Waals surface area (Å²) in [6.45, 7) is 2.82. The maximum Gasteiger partial charge on any atom is 0.220 e. The molecule has 0 saturated heterocycles. The monoisotopic (exact) mass is 363 g/mol. The van der Waals surface area contributed by atoms with Gasteiger partial charge in [0, 0.05) is 25.9 Å². The van der Waals surface area contributed by atoms with E-state index in [1.165, 1.54) is 0 Å². The summed E-state index contributed by atoms with van der Waals surface area (Å²) in [7, 11) is 0. The van der Waals surface area contributed by atoms with Crippen molar-refractivity contribution in [1.82, 2.24) is 10.6 Å². The van der Waals surface area contributed by atoms with Crippen LogP contribution < -0.4 is 16.4 Å². The fourth-order valence-electron chi connectivity index (χ4n) is 2.66. The number of carbonyl (C=O) groups is 2. The molecule has 0 aliphatic rings. The molecule has 2 aromatic carbocycles. The number of hydrogen-bond donors (Lipinski definition) is 3. The Morgan fingerprint density at radius 1 is 1.04 bits per heavy atom. The van der Waals surface area contributed by atoms with Gasteiger partial charge >= 0.3 is 0 Å². The van der Waals surface area contributed by atoms with Crippen molar-refractivity contribution in [3.05, 3.63) is 48.0 Å². The predicted octanol–water partition coefficient (Wildman–Crippen LogP) is 2.68.